The van der Waals surface area contributed by atoms with E-state index in [0.717, 1.165) is 23.3 Å². The number of Topliss-reactive ketones (excluding diaryl/α,β-unsaturated/α-hetero) is 1. The molecule has 0 bridgehead atoms. The molecule has 0 aliphatic carbocycles. The predicted molar refractivity (Wildman–Crippen MR) is 96.4 cm³/mol. The van der Waals surface area contributed by atoms with Crippen LogP contribution in [0.15, 0.2) is 54.7 Å². The number of hydrogen-bond donors (Lipinski definition) is 1. The highest BCUT2D eigenvalue weighted by Gasteiger charge is 2.30. The fourth-order valence-electron chi connectivity index (χ4n) is 3.41. The van der Waals surface area contributed by atoms with Crippen LogP contribution in [0.1, 0.15) is 21.5 Å². The van der Waals surface area contributed by atoms with Gasteiger partial charge in [-0.05, 0) is 42.3 Å². The van der Waals surface area contributed by atoms with Gasteiger partial charge in [-0.15, -0.1) is 0 Å². The molecule has 3 aromatic rings. The zero-order valence-electron chi connectivity index (χ0n) is 14.0. The zero-order chi connectivity index (χ0) is 16.7. The average molecular weight is 317 g/mol. The molecule has 1 aliphatic rings. The lowest BCUT2D eigenvalue weighted by molar-refractivity contribution is -0.690. The van der Waals surface area contributed by atoms with E-state index in [4.69, 9.17) is 0 Å². The molecule has 2 aromatic carbocycles. The summed E-state index contributed by atoms with van der Waals surface area (Å²) in [5.74, 6) is 1.27. The third-order valence-corrected chi connectivity index (χ3v) is 4.79. The molecule has 1 unspecified atom stereocenters. The lowest BCUT2D eigenvalue weighted by Gasteiger charge is -2.20. The quantitative estimate of drug-likeness (QED) is 0.578. The Bertz CT molecular complexity index is 946. The molecule has 0 fully saturated rings. The van der Waals surface area contributed by atoms with Gasteiger partial charge < -0.3 is 0 Å². The fraction of sp³-hybridized carbons (Fsp3) is 0.238. The first-order valence-electron chi connectivity index (χ1n) is 8.39. The molecule has 0 spiro atoms. The minimum Gasteiger partial charge on any atom is -0.294 e. The summed E-state index contributed by atoms with van der Waals surface area (Å²) >= 11 is 0. The van der Waals surface area contributed by atoms with E-state index in [1.54, 1.807) is 0 Å². The summed E-state index contributed by atoms with van der Waals surface area (Å²) in [4.78, 5) is 12.9. The number of benzene rings is 2. The van der Waals surface area contributed by atoms with Crippen molar-refractivity contribution in [1.82, 2.24) is 0 Å². The number of rotatable bonds is 2. The Morgan fingerprint density at radius 3 is 2.62 bits per heavy atom. The van der Waals surface area contributed by atoms with Crippen LogP contribution in [0.2, 0.25) is 0 Å². The number of fused-ring (bicyclic) bond motifs is 2. The van der Waals surface area contributed by atoms with Crippen LogP contribution >= 0.6 is 0 Å². The molecule has 4 rings (SSSR count). The predicted octanol–water partition coefficient (Wildman–Crippen LogP) is 3.67. The summed E-state index contributed by atoms with van der Waals surface area (Å²) < 4.78 is 2.13. The van der Waals surface area contributed by atoms with Gasteiger partial charge in [0.15, 0.2) is 5.78 Å². The summed E-state index contributed by atoms with van der Waals surface area (Å²) in [6, 6.07) is 16.6. The number of aromatic nitrogens is 1. The number of nitrogens with zero attached hydrogens (tertiary/aromatic N) is 1. The van der Waals surface area contributed by atoms with Crippen LogP contribution in [0.4, 0.5) is 5.82 Å². The molecular formula is C21H21N2O+. The number of carbonyl (C=O) groups is 1. The van der Waals surface area contributed by atoms with Crippen molar-refractivity contribution in [3.8, 4) is 0 Å². The number of aryl methyl sites for hydroxylation is 2. The van der Waals surface area contributed by atoms with Crippen LogP contribution in [0.25, 0.3) is 10.8 Å². The van der Waals surface area contributed by atoms with Gasteiger partial charge in [-0.1, -0.05) is 35.9 Å². The molecule has 0 radical (unpaired) electrons. The molecule has 1 N–H and O–H groups in total. The van der Waals surface area contributed by atoms with E-state index >= 15 is 0 Å². The van der Waals surface area contributed by atoms with E-state index in [0.29, 0.717) is 6.54 Å². The molecule has 0 saturated heterocycles. The lowest BCUT2D eigenvalue weighted by Crippen LogP contribution is -2.49. The van der Waals surface area contributed by atoms with Crippen LogP contribution in [0, 0.1) is 19.8 Å². The maximum Gasteiger partial charge on any atom is 0.274 e. The molecule has 1 aromatic heterocycles. The second-order valence-corrected chi connectivity index (χ2v) is 6.75. The lowest BCUT2D eigenvalue weighted by atomic mass is 9.94. The Balaban J connectivity index is 1.62. The highest BCUT2D eigenvalue weighted by atomic mass is 16.1. The molecule has 3 nitrogen and oxygen atoms in total. The van der Waals surface area contributed by atoms with Crippen molar-refractivity contribution in [3.63, 3.8) is 0 Å². The van der Waals surface area contributed by atoms with Gasteiger partial charge in [0.05, 0.1) is 18.7 Å². The topological polar surface area (TPSA) is 33.0 Å². The Hall–Kier alpha value is -2.68. The highest BCUT2D eigenvalue weighted by molar-refractivity contribution is 6.01. The van der Waals surface area contributed by atoms with Crippen molar-refractivity contribution >= 4 is 22.4 Å². The van der Waals surface area contributed by atoms with Gasteiger partial charge >= 0.3 is 0 Å². The SMILES string of the molecule is Cc1cc[n+]2c(c1)NCC(C(=O)c1ccc3cc(C)ccc3c1)C2. The van der Waals surface area contributed by atoms with E-state index in [-0.39, 0.29) is 11.7 Å². The maximum atomic E-state index is 12.9. The second-order valence-electron chi connectivity index (χ2n) is 6.75. The van der Waals surface area contributed by atoms with Crippen molar-refractivity contribution in [2.45, 2.75) is 20.4 Å². The van der Waals surface area contributed by atoms with E-state index in [1.165, 1.54) is 16.5 Å². The first-order valence-corrected chi connectivity index (χ1v) is 8.39. The first kappa shape index (κ1) is 14.9. The Morgan fingerprint density at radius 1 is 1.00 bits per heavy atom. The zero-order valence-corrected chi connectivity index (χ0v) is 14.0. The minimum atomic E-state index is -0.0342. The van der Waals surface area contributed by atoms with Crippen LogP contribution in [0.5, 0.6) is 0 Å². The normalized spacial score (nSPS) is 16.5. The second kappa shape index (κ2) is 5.75. The summed E-state index contributed by atoms with van der Waals surface area (Å²) in [6.07, 6.45) is 2.06. The summed E-state index contributed by atoms with van der Waals surface area (Å²) in [7, 11) is 0. The monoisotopic (exact) mass is 317 g/mol. The van der Waals surface area contributed by atoms with Gasteiger partial charge in [0, 0.05) is 11.6 Å². The molecule has 1 atom stereocenters. The molecule has 1 aliphatic heterocycles. The summed E-state index contributed by atoms with van der Waals surface area (Å²) in [6.45, 7) is 5.58. The van der Waals surface area contributed by atoms with Crippen molar-refractivity contribution in [2.75, 3.05) is 11.9 Å². The third kappa shape index (κ3) is 2.67. The van der Waals surface area contributed by atoms with Crippen LogP contribution in [-0.4, -0.2) is 12.3 Å². The van der Waals surface area contributed by atoms with Gasteiger partial charge in [0.25, 0.3) is 5.82 Å². The van der Waals surface area contributed by atoms with Gasteiger partial charge in [-0.25, -0.2) is 4.57 Å². The summed E-state index contributed by atoms with van der Waals surface area (Å²) in [5, 5.41) is 5.70. The number of carbonyl (C=O) groups excluding carboxylic acids is 1. The van der Waals surface area contributed by atoms with Crippen molar-refractivity contribution in [1.29, 1.82) is 0 Å². The van der Waals surface area contributed by atoms with E-state index in [2.05, 4.69) is 66.3 Å². The van der Waals surface area contributed by atoms with E-state index < -0.39 is 0 Å². The summed E-state index contributed by atoms with van der Waals surface area (Å²) in [5.41, 5.74) is 3.26. The van der Waals surface area contributed by atoms with Crippen LogP contribution in [-0.2, 0) is 6.54 Å². The van der Waals surface area contributed by atoms with Crippen molar-refractivity contribution in [3.05, 3.63) is 71.4 Å². The largest absolute Gasteiger partial charge is 0.294 e. The molecule has 0 amide bonds. The fourth-order valence-corrected chi connectivity index (χ4v) is 3.41. The Morgan fingerprint density at radius 2 is 1.75 bits per heavy atom. The van der Waals surface area contributed by atoms with E-state index in [1.807, 2.05) is 12.1 Å². The molecule has 3 heteroatoms. The number of ketones is 1. The van der Waals surface area contributed by atoms with Crippen molar-refractivity contribution in [2.24, 2.45) is 5.92 Å². The molecule has 24 heavy (non-hydrogen) atoms. The minimum absolute atomic E-state index is 0.0342. The Kier molecular flexibility index (Phi) is 3.57. The smallest absolute Gasteiger partial charge is 0.274 e. The standard InChI is InChI=1S/C21H20N2O/c1-14-3-4-17-11-18(6-5-16(17)9-14)21(24)19-12-22-20-10-15(2)7-8-23(20)13-19/h3-11,19H,12-13H2,1-2H3/p+1. The van der Waals surface area contributed by atoms with E-state index in [9.17, 15) is 4.79 Å². The molecule has 120 valence electrons. The van der Waals surface area contributed by atoms with Gasteiger partial charge in [0.1, 0.15) is 6.54 Å². The van der Waals surface area contributed by atoms with Gasteiger partial charge in [-0.3, -0.25) is 10.1 Å². The molecule has 2 heterocycles. The molecule has 0 saturated carbocycles. The average Bonchev–Trinajstić information content (AvgIpc) is 2.60. The van der Waals surface area contributed by atoms with Crippen molar-refractivity contribution < 1.29 is 9.36 Å². The number of hydrogen-bond acceptors (Lipinski definition) is 2. The third-order valence-electron chi connectivity index (χ3n) is 4.79. The molecular weight excluding hydrogens is 296 g/mol. The highest BCUT2D eigenvalue weighted by Crippen LogP contribution is 2.21. The Labute approximate surface area is 141 Å². The number of anilines is 1. The first-order chi connectivity index (χ1) is 11.6. The number of pyridine rings is 1. The number of nitrogens with one attached hydrogen (secondary N) is 1. The van der Waals surface area contributed by atoms with Gasteiger partial charge in [0.2, 0.25) is 0 Å². The van der Waals surface area contributed by atoms with Crippen LogP contribution < -0.4 is 9.88 Å². The van der Waals surface area contributed by atoms with Crippen LogP contribution in [0.3, 0.4) is 0 Å². The maximum absolute atomic E-state index is 12.9. The van der Waals surface area contributed by atoms with Gasteiger partial charge in [-0.2, -0.15) is 0 Å².